The Morgan fingerprint density at radius 1 is 1.05 bits per heavy atom. The van der Waals surface area contributed by atoms with Gasteiger partial charge in [0.1, 0.15) is 5.60 Å². The molecule has 2 aromatic carbocycles. The summed E-state index contributed by atoms with van der Waals surface area (Å²) in [5, 5.41) is 6.00. The second-order valence-electron chi connectivity index (χ2n) is 10.8. The lowest BCUT2D eigenvalue weighted by molar-refractivity contribution is -0.132. The van der Waals surface area contributed by atoms with Crippen LogP contribution in [-0.2, 0) is 16.1 Å². The highest BCUT2D eigenvalue weighted by atomic mass is 16.6. The van der Waals surface area contributed by atoms with Crippen LogP contribution in [0.15, 0.2) is 76.1 Å². The van der Waals surface area contributed by atoms with Crippen LogP contribution in [0.2, 0.25) is 0 Å². The molecule has 41 heavy (non-hydrogen) atoms. The van der Waals surface area contributed by atoms with Gasteiger partial charge in [0.25, 0.3) is 6.01 Å². The van der Waals surface area contributed by atoms with E-state index in [1.807, 2.05) is 48.5 Å². The number of benzene rings is 2. The van der Waals surface area contributed by atoms with Gasteiger partial charge >= 0.3 is 11.7 Å². The lowest BCUT2D eigenvalue weighted by Gasteiger charge is -2.24. The Morgan fingerprint density at radius 3 is 2.46 bits per heavy atom. The van der Waals surface area contributed by atoms with E-state index in [1.165, 1.54) is 0 Å². The van der Waals surface area contributed by atoms with E-state index in [4.69, 9.17) is 9.15 Å². The monoisotopic (exact) mass is 557 g/mol. The van der Waals surface area contributed by atoms with E-state index in [0.29, 0.717) is 36.3 Å². The van der Waals surface area contributed by atoms with Gasteiger partial charge in [-0.05, 0) is 69.5 Å². The number of anilines is 2. The third kappa shape index (κ3) is 7.69. The van der Waals surface area contributed by atoms with Gasteiger partial charge in [-0.1, -0.05) is 36.4 Å². The molecular formula is C31H35N5O5. The molecule has 0 saturated carbocycles. The second kappa shape index (κ2) is 12.6. The summed E-state index contributed by atoms with van der Waals surface area (Å²) in [6.45, 7) is 7.74. The number of nitrogens with one attached hydrogen (secondary N) is 2. The molecule has 1 atom stereocenters. The van der Waals surface area contributed by atoms with Crippen molar-refractivity contribution < 1.29 is 18.7 Å². The predicted octanol–water partition coefficient (Wildman–Crippen LogP) is 5.48. The molecule has 2 amide bonds. The Labute approximate surface area is 238 Å². The van der Waals surface area contributed by atoms with Gasteiger partial charge in [-0.2, -0.15) is 4.98 Å². The number of ether oxygens (including phenoxy) is 1. The average Bonchev–Trinajstić information content (AvgIpc) is 2.92. The van der Waals surface area contributed by atoms with Crippen LogP contribution in [0.1, 0.15) is 49.9 Å². The van der Waals surface area contributed by atoms with Crippen LogP contribution in [-0.4, -0.2) is 46.1 Å². The fourth-order valence-electron chi connectivity index (χ4n) is 4.46. The first kappa shape index (κ1) is 29.3. The first-order valence-electron chi connectivity index (χ1n) is 13.4. The van der Waals surface area contributed by atoms with Crippen LogP contribution in [0.25, 0.3) is 10.9 Å². The second-order valence-corrected chi connectivity index (χ2v) is 10.8. The number of pyridine rings is 1. The summed E-state index contributed by atoms with van der Waals surface area (Å²) in [6, 6.07) is 18.5. The summed E-state index contributed by atoms with van der Waals surface area (Å²) >= 11 is 0. The molecule has 2 heterocycles. The van der Waals surface area contributed by atoms with Crippen molar-refractivity contribution in [2.75, 3.05) is 24.2 Å². The molecule has 0 aliphatic heterocycles. The standard InChI is InChI=1S/C31H35N5O5/c1-20-24(35-30(39)41-31(2,3)4)14-15-25-26(20)28(38)40-29(34-25)33-18-16-23(21-11-7-6-8-12-21)27(37)36(5)19-22-13-9-10-17-32-22/h6-15,17,23H,16,18-19H2,1-5H3,(H,33,34)(H,35,39). The number of fused-ring (bicyclic) bond motifs is 1. The van der Waals surface area contributed by atoms with Crippen LogP contribution >= 0.6 is 0 Å². The van der Waals surface area contributed by atoms with Crippen molar-refractivity contribution in [3.8, 4) is 0 Å². The molecule has 4 rings (SSSR count). The van der Waals surface area contributed by atoms with Gasteiger partial charge in [0.05, 0.1) is 29.1 Å². The fraction of sp³-hybridized carbons (Fsp3) is 0.323. The molecule has 4 aromatic rings. The number of aromatic nitrogens is 2. The number of rotatable bonds is 9. The Morgan fingerprint density at radius 2 is 1.78 bits per heavy atom. The van der Waals surface area contributed by atoms with Gasteiger partial charge in [0.2, 0.25) is 5.91 Å². The van der Waals surface area contributed by atoms with E-state index in [1.54, 1.807) is 58.0 Å². The van der Waals surface area contributed by atoms with Crippen molar-refractivity contribution in [1.29, 1.82) is 0 Å². The maximum Gasteiger partial charge on any atom is 0.412 e. The van der Waals surface area contributed by atoms with E-state index < -0.39 is 23.2 Å². The van der Waals surface area contributed by atoms with Crippen LogP contribution in [0.5, 0.6) is 0 Å². The molecule has 2 aromatic heterocycles. The van der Waals surface area contributed by atoms with Crippen molar-refractivity contribution in [1.82, 2.24) is 14.9 Å². The largest absolute Gasteiger partial charge is 0.444 e. The average molecular weight is 558 g/mol. The van der Waals surface area contributed by atoms with Gasteiger partial charge in [-0.25, -0.2) is 9.59 Å². The minimum atomic E-state index is -0.658. The quantitative estimate of drug-likeness (QED) is 0.277. The SMILES string of the molecule is Cc1c(NC(=O)OC(C)(C)C)ccc2nc(NCCC(C(=O)N(C)Cc3ccccn3)c3ccccc3)oc(=O)c12. The molecule has 0 spiro atoms. The fourth-order valence-corrected chi connectivity index (χ4v) is 4.46. The summed E-state index contributed by atoms with van der Waals surface area (Å²) in [7, 11) is 1.76. The third-order valence-electron chi connectivity index (χ3n) is 6.40. The number of hydrogen-bond donors (Lipinski definition) is 2. The first-order valence-corrected chi connectivity index (χ1v) is 13.4. The number of likely N-dealkylation sites (N-methyl/N-ethyl adjacent to an activating group) is 1. The predicted molar refractivity (Wildman–Crippen MR) is 158 cm³/mol. The molecule has 0 bridgehead atoms. The zero-order valence-corrected chi connectivity index (χ0v) is 23.9. The van der Waals surface area contributed by atoms with E-state index in [9.17, 15) is 14.4 Å². The highest BCUT2D eigenvalue weighted by Gasteiger charge is 2.24. The van der Waals surface area contributed by atoms with Gasteiger partial charge < -0.3 is 19.4 Å². The van der Waals surface area contributed by atoms with Crippen LogP contribution in [0.3, 0.4) is 0 Å². The van der Waals surface area contributed by atoms with Crippen molar-refractivity contribution in [3.05, 3.63) is 94.1 Å². The van der Waals surface area contributed by atoms with Gasteiger partial charge in [0.15, 0.2) is 0 Å². The maximum absolute atomic E-state index is 13.5. The van der Waals surface area contributed by atoms with Crippen molar-refractivity contribution in [3.63, 3.8) is 0 Å². The van der Waals surface area contributed by atoms with Crippen molar-refractivity contribution in [2.24, 2.45) is 0 Å². The smallest absolute Gasteiger partial charge is 0.412 e. The van der Waals surface area contributed by atoms with Crippen molar-refractivity contribution in [2.45, 2.75) is 52.2 Å². The number of aryl methyl sites for hydroxylation is 1. The summed E-state index contributed by atoms with van der Waals surface area (Å²) in [4.78, 5) is 49.1. The Kier molecular flexibility index (Phi) is 9.01. The highest BCUT2D eigenvalue weighted by molar-refractivity contribution is 5.93. The van der Waals surface area contributed by atoms with Gasteiger partial charge in [-0.3, -0.25) is 15.1 Å². The first-order chi connectivity index (χ1) is 19.5. The molecule has 214 valence electrons. The molecule has 0 aliphatic carbocycles. The summed E-state index contributed by atoms with van der Waals surface area (Å²) in [5.74, 6) is -0.467. The zero-order chi connectivity index (χ0) is 29.6. The molecule has 10 heteroatoms. The van der Waals surface area contributed by atoms with Crippen molar-refractivity contribution >= 4 is 34.6 Å². The van der Waals surface area contributed by atoms with E-state index in [2.05, 4.69) is 20.6 Å². The molecule has 1 unspecified atom stereocenters. The van der Waals surface area contributed by atoms with Gasteiger partial charge in [0, 0.05) is 25.5 Å². The number of nitrogens with zero attached hydrogens (tertiary/aromatic N) is 3. The third-order valence-corrected chi connectivity index (χ3v) is 6.40. The molecule has 2 N–H and O–H groups in total. The van der Waals surface area contributed by atoms with E-state index in [-0.39, 0.29) is 17.3 Å². The molecule has 0 saturated heterocycles. The zero-order valence-electron chi connectivity index (χ0n) is 23.9. The topological polar surface area (TPSA) is 127 Å². The normalized spacial score (nSPS) is 12.0. The summed E-state index contributed by atoms with van der Waals surface area (Å²) in [5.41, 5.74) is 1.81. The molecule has 0 fully saturated rings. The lowest BCUT2D eigenvalue weighted by atomic mass is 9.94. The molecule has 0 aliphatic rings. The van der Waals surface area contributed by atoms with Crippen LogP contribution < -0.4 is 16.3 Å². The lowest BCUT2D eigenvalue weighted by Crippen LogP contribution is -2.32. The Hall–Kier alpha value is -4.73. The van der Waals surface area contributed by atoms with E-state index >= 15 is 0 Å². The van der Waals surface area contributed by atoms with E-state index in [0.717, 1.165) is 11.3 Å². The van der Waals surface area contributed by atoms with Crippen LogP contribution in [0, 0.1) is 6.92 Å². The minimum Gasteiger partial charge on any atom is -0.444 e. The maximum atomic E-state index is 13.5. The molecule has 10 nitrogen and oxygen atoms in total. The molecular weight excluding hydrogens is 522 g/mol. The molecule has 0 radical (unpaired) electrons. The summed E-state index contributed by atoms with van der Waals surface area (Å²) in [6.07, 6.45) is 1.52. The number of amides is 2. The number of carbonyl (C=O) groups is 2. The van der Waals surface area contributed by atoms with Gasteiger partial charge in [-0.15, -0.1) is 0 Å². The highest BCUT2D eigenvalue weighted by Crippen LogP contribution is 2.25. The number of hydrogen-bond acceptors (Lipinski definition) is 8. The minimum absolute atomic E-state index is 0.0442. The summed E-state index contributed by atoms with van der Waals surface area (Å²) < 4.78 is 10.8. The van der Waals surface area contributed by atoms with Crippen LogP contribution in [0.4, 0.5) is 16.5 Å². The number of carbonyl (C=O) groups excluding carboxylic acids is 2. The Bertz CT molecular complexity index is 1570. The Balaban J connectivity index is 1.48.